The maximum Gasteiger partial charge on any atom is 0.347 e. The minimum atomic E-state index is -1.16. The van der Waals surface area contributed by atoms with E-state index < -0.39 is 23.5 Å². The molecule has 3 rings (SSSR count). The summed E-state index contributed by atoms with van der Waals surface area (Å²) in [6.45, 7) is 13.6. The third-order valence-corrected chi connectivity index (χ3v) is 6.48. The highest BCUT2D eigenvalue weighted by Crippen LogP contribution is 2.36. The highest BCUT2D eigenvalue weighted by atomic mass is 16.6. The van der Waals surface area contributed by atoms with Gasteiger partial charge >= 0.3 is 11.9 Å². The first-order chi connectivity index (χ1) is 18.5. The number of phenols is 1. The van der Waals surface area contributed by atoms with Crippen molar-refractivity contribution in [1.82, 2.24) is 15.0 Å². The second kappa shape index (κ2) is 13.4. The molecule has 0 spiro atoms. The number of aromatic nitrogens is 3. The lowest BCUT2D eigenvalue weighted by atomic mass is 9.84. The molecule has 39 heavy (non-hydrogen) atoms. The minimum Gasteiger partial charge on any atom is -0.505 e. The number of aromatic hydroxyl groups is 1. The number of benzene rings is 2. The standard InChI is InChI=1S/C31H41N3O5/c1-7-8-9-10-11-14-17-38-30(37)27(39-29(36)21(2)3)20-22-18-23(31(4,5)6)28(35)26(19-22)34-32-24-15-12-13-16-25(24)33-34/h12-13,15-16,18-19,27,35H,2,7-11,14,17,20H2,1,3-6H3. The Hall–Kier alpha value is -3.68. The van der Waals surface area contributed by atoms with Crippen molar-refractivity contribution in [3.63, 3.8) is 0 Å². The topological polar surface area (TPSA) is 104 Å². The van der Waals surface area contributed by atoms with Crippen molar-refractivity contribution in [1.29, 1.82) is 0 Å². The van der Waals surface area contributed by atoms with Crippen molar-refractivity contribution in [3.05, 3.63) is 59.7 Å². The van der Waals surface area contributed by atoms with Crippen molar-refractivity contribution >= 4 is 23.0 Å². The molecule has 0 fully saturated rings. The number of hydrogen-bond acceptors (Lipinski definition) is 7. The van der Waals surface area contributed by atoms with Gasteiger partial charge in [-0.05, 0) is 42.5 Å². The van der Waals surface area contributed by atoms with Crippen molar-refractivity contribution in [3.8, 4) is 11.4 Å². The highest BCUT2D eigenvalue weighted by Gasteiger charge is 2.29. The number of unbranched alkanes of at least 4 members (excludes halogenated alkanes) is 5. The quantitative estimate of drug-likeness (QED) is 0.154. The fourth-order valence-corrected chi connectivity index (χ4v) is 4.25. The zero-order valence-corrected chi connectivity index (χ0v) is 23.8. The van der Waals surface area contributed by atoms with Gasteiger partial charge in [0.25, 0.3) is 0 Å². The molecular weight excluding hydrogens is 494 g/mol. The number of fused-ring (bicyclic) bond motifs is 1. The molecule has 1 aromatic heterocycles. The van der Waals surface area contributed by atoms with E-state index in [1.807, 2.05) is 51.1 Å². The Kier molecular flexibility index (Phi) is 10.3. The van der Waals surface area contributed by atoms with Crippen molar-refractivity contribution in [2.75, 3.05) is 6.61 Å². The molecule has 0 saturated heterocycles. The Labute approximate surface area is 231 Å². The largest absolute Gasteiger partial charge is 0.505 e. The van der Waals surface area contributed by atoms with Crippen LogP contribution in [0.5, 0.6) is 5.75 Å². The highest BCUT2D eigenvalue weighted by molar-refractivity contribution is 5.89. The van der Waals surface area contributed by atoms with Gasteiger partial charge in [-0.3, -0.25) is 0 Å². The van der Waals surface area contributed by atoms with Gasteiger partial charge in [-0.25, -0.2) is 9.59 Å². The van der Waals surface area contributed by atoms with Gasteiger partial charge in [0.05, 0.1) is 6.61 Å². The summed E-state index contributed by atoms with van der Waals surface area (Å²) in [5, 5.41) is 20.3. The van der Waals surface area contributed by atoms with Gasteiger partial charge in [0.2, 0.25) is 6.10 Å². The monoisotopic (exact) mass is 535 g/mol. The normalized spacial score (nSPS) is 12.3. The van der Waals surface area contributed by atoms with Crippen LogP contribution in [0.25, 0.3) is 16.7 Å². The fourth-order valence-electron chi connectivity index (χ4n) is 4.25. The van der Waals surface area contributed by atoms with Gasteiger partial charge in [-0.15, -0.1) is 15.0 Å². The van der Waals surface area contributed by atoms with Crippen LogP contribution >= 0.6 is 0 Å². The third kappa shape index (κ3) is 8.15. The SMILES string of the molecule is C=C(C)C(=O)OC(Cc1cc(-n2nc3ccccc3n2)c(O)c(C(C)(C)C)c1)C(=O)OCCCCCCCC. The van der Waals surface area contributed by atoms with Crippen LogP contribution in [0.3, 0.4) is 0 Å². The molecule has 0 amide bonds. The number of hydrogen-bond donors (Lipinski definition) is 1. The first-order valence-corrected chi connectivity index (χ1v) is 13.7. The van der Waals surface area contributed by atoms with Crippen molar-refractivity contribution in [2.45, 2.75) is 91.1 Å². The van der Waals surface area contributed by atoms with Crippen molar-refractivity contribution in [2.24, 2.45) is 0 Å². The summed E-state index contributed by atoms with van der Waals surface area (Å²) in [6, 6.07) is 11.0. The number of phenolic OH excluding ortho intramolecular Hbond substituents is 1. The van der Waals surface area contributed by atoms with Crippen LogP contribution in [0.15, 0.2) is 48.6 Å². The molecule has 0 aliphatic rings. The van der Waals surface area contributed by atoms with E-state index in [0.717, 1.165) is 19.3 Å². The Morgan fingerprint density at radius 3 is 2.23 bits per heavy atom. The average Bonchev–Trinajstić information content (AvgIpc) is 3.31. The van der Waals surface area contributed by atoms with E-state index in [-0.39, 0.29) is 24.4 Å². The van der Waals surface area contributed by atoms with Crippen molar-refractivity contribution < 1.29 is 24.2 Å². The number of carbonyl (C=O) groups excluding carboxylic acids is 2. The predicted molar refractivity (Wildman–Crippen MR) is 152 cm³/mol. The van der Waals surface area contributed by atoms with Crippen LogP contribution in [0.4, 0.5) is 0 Å². The van der Waals surface area contributed by atoms with E-state index >= 15 is 0 Å². The second-order valence-corrected chi connectivity index (χ2v) is 11.1. The molecule has 0 radical (unpaired) electrons. The lowest BCUT2D eigenvalue weighted by Gasteiger charge is -2.24. The summed E-state index contributed by atoms with van der Waals surface area (Å²) in [4.78, 5) is 26.8. The van der Waals surface area contributed by atoms with E-state index in [1.165, 1.54) is 31.0 Å². The number of nitrogens with zero attached hydrogens (tertiary/aromatic N) is 3. The molecule has 8 nitrogen and oxygen atoms in total. The van der Waals surface area contributed by atoms with Crippen LogP contribution in [-0.4, -0.2) is 44.7 Å². The van der Waals surface area contributed by atoms with Gasteiger partial charge in [-0.1, -0.05) is 84.6 Å². The molecule has 2 aromatic carbocycles. The predicted octanol–water partition coefficient (Wildman–Crippen LogP) is 6.36. The molecule has 1 N–H and O–H groups in total. The zero-order valence-electron chi connectivity index (χ0n) is 23.8. The Balaban J connectivity index is 1.89. The molecule has 3 aromatic rings. The Bertz CT molecular complexity index is 1270. The summed E-state index contributed by atoms with van der Waals surface area (Å²) >= 11 is 0. The molecular formula is C31H41N3O5. The van der Waals surface area contributed by atoms with E-state index in [0.29, 0.717) is 27.8 Å². The van der Waals surface area contributed by atoms with E-state index in [1.54, 1.807) is 6.07 Å². The molecule has 0 bridgehead atoms. The van der Waals surface area contributed by atoms with Gasteiger partial charge in [-0.2, -0.15) is 0 Å². The zero-order chi connectivity index (χ0) is 28.6. The molecule has 0 saturated carbocycles. The third-order valence-electron chi connectivity index (χ3n) is 6.48. The second-order valence-electron chi connectivity index (χ2n) is 11.1. The smallest absolute Gasteiger partial charge is 0.347 e. The Morgan fingerprint density at radius 1 is 1.03 bits per heavy atom. The molecule has 1 atom stereocenters. The van der Waals surface area contributed by atoms with E-state index in [4.69, 9.17) is 9.47 Å². The number of carbonyl (C=O) groups is 2. The summed E-state index contributed by atoms with van der Waals surface area (Å²) in [7, 11) is 0. The van der Waals surface area contributed by atoms with Gasteiger partial charge in [0.15, 0.2) is 0 Å². The average molecular weight is 536 g/mol. The van der Waals surface area contributed by atoms with Gasteiger partial charge in [0.1, 0.15) is 22.5 Å². The lowest BCUT2D eigenvalue weighted by Crippen LogP contribution is -2.32. The number of esters is 2. The molecule has 0 aliphatic heterocycles. The van der Waals surface area contributed by atoms with E-state index in [2.05, 4.69) is 23.7 Å². The summed E-state index contributed by atoms with van der Waals surface area (Å²) in [6.07, 6.45) is 5.28. The number of ether oxygens (including phenoxy) is 2. The first kappa shape index (κ1) is 29.9. The van der Waals surface area contributed by atoms with E-state index in [9.17, 15) is 14.7 Å². The van der Waals surface area contributed by atoms with Crippen LogP contribution < -0.4 is 0 Å². The summed E-state index contributed by atoms with van der Waals surface area (Å²) in [5.74, 6) is -1.22. The molecule has 8 heteroatoms. The molecule has 1 heterocycles. The minimum absolute atomic E-state index is 0.0488. The van der Waals surface area contributed by atoms with Crippen LogP contribution in [0.1, 0.15) is 84.3 Å². The van der Waals surface area contributed by atoms with Crippen LogP contribution in [0, 0.1) is 0 Å². The maximum absolute atomic E-state index is 13.1. The van der Waals surface area contributed by atoms with Gasteiger partial charge in [0, 0.05) is 17.6 Å². The maximum atomic E-state index is 13.1. The lowest BCUT2D eigenvalue weighted by molar-refractivity contribution is -0.165. The molecule has 0 aliphatic carbocycles. The van der Waals surface area contributed by atoms with Crippen LogP contribution in [0.2, 0.25) is 0 Å². The number of rotatable bonds is 13. The fraction of sp³-hybridized carbons (Fsp3) is 0.484. The summed E-state index contributed by atoms with van der Waals surface area (Å²) in [5.41, 5.74) is 2.84. The first-order valence-electron chi connectivity index (χ1n) is 13.7. The van der Waals surface area contributed by atoms with Crippen LogP contribution in [-0.2, 0) is 30.9 Å². The molecule has 1 unspecified atom stereocenters. The Morgan fingerprint density at radius 2 is 1.64 bits per heavy atom. The summed E-state index contributed by atoms with van der Waals surface area (Å²) < 4.78 is 11.0. The molecule has 210 valence electrons. The van der Waals surface area contributed by atoms with Gasteiger partial charge < -0.3 is 14.6 Å².